The number of piperidine rings is 1. The van der Waals surface area contributed by atoms with Gasteiger partial charge in [-0.3, -0.25) is 9.59 Å². The Morgan fingerprint density at radius 3 is 2.67 bits per heavy atom. The standard InChI is InChI=1S/C10H15ClN2O2/c1-7(11)10(15)13-6-4-3-5-8(13)9(14)12-2/h8H,1,3-6H2,2H3,(H,12,14). The first-order valence-corrected chi connectivity index (χ1v) is 5.32. The second-order valence-corrected chi connectivity index (χ2v) is 3.99. The SMILES string of the molecule is C=C(Cl)C(=O)N1CCCCC1C(=O)NC. The predicted octanol–water partition coefficient (Wildman–Crippen LogP) is 0.866. The first-order valence-electron chi connectivity index (χ1n) is 4.95. The second-order valence-electron chi connectivity index (χ2n) is 3.53. The van der Waals surface area contributed by atoms with Crippen molar-refractivity contribution in [3.63, 3.8) is 0 Å². The van der Waals surface area contributed by atoms with Gasteiger partial charge >= 0.3 is 0 Å². The summed E-state index contributed by atoms with van der Waals surface area (Å²) in [6, 6.07) is -0.397. The zero-order chi connectivity index (χ0) is 11.4. The Labute approximate surface area is 94.3 Å². The highest BCUT2D eigenvalue weighted by Gasteiger charge is 2.31. The lowest BCUT2D eigenvalue weighted by atomic mass is 10.0. The van der Waals surface area contributed by atoms with E-state index in [1.54, 1.807) is 7.05 Å². The van der Waals surface area contributed by atoms with E-state index in [9.17, 15) is 9.59 Å². The largest absolute Gasteiger partial charge is 0.357 e. The molecule has 1 unspecified atom stereocenters. The Kier molecular flexibility index (Phi) is 4.15. The Morgan fingerprint density at radius 2 is 2.13 bits per heavy atom. The van der Waals surface area contributed by atoms with Crippen molar-refractivity contribution in [1.82, 2.24) is 10.2 Å². The van der Waals surface area contributed by atoms with Crippen LogP contribution in [0.25, 0.3) is 0 Å². The molecule has 0 aromatic rings. The van der Waals surface area contributed by atoms with Crippen molar-refractivity contribution < 1.29 is 9.59 Å². The van der Waals surface area contributed by atoms with Crippen LogP contribution in [0.15, 0.2) is 11.6 Å². The molecule has 0 saturated carbocycles. The molecule has 1 rings (SSSR count). The van der Waals surface area contributed by atoms with Crippen LogP contribution < -0.4 is 5.32 Å². The van der Waals surface area contributed by atoms with Gasteiger partial charge in [-0.2, -0.15) is 0 Å². The van der Waals surface area contributed by atoms with Gasteiger partial charge in [0.2, 0.25) is 5.91 Å². The van der Waals surface area contributed by atoms with E-state index in [1.165, 1.54) is 4.90 Å². The van der Waals surface area contributed by atoms with Crippen molar-refractivity contribution >= 4 is 23.4 Å². The number of carbonyl (C=O) groups is 2. The number of carbonyl (C=O) groups excluding carboxylic acids is 2. The first-order chi connectivity index (χ1) is 7.07. The summed E-state index contributed by atoms with van der Waals surface area (Å²) >= 11 is 5.56. The molecule has 2 amide bonds. The molecule has 1 saturated heterocycles. The van der Waals surface area contributed by atoms with Crippen LogP contribution in [-0.2, 0) is 9.59 Å². The Hall–Kier alpha value is -1.03. The third-order valence-corrected chi connectivity index (χ3v) is 2.71. The minimum absolute atomic E-state index is 0.0363. The molecular formula is C10H15ClN2O2. The van der Waals surface area contributed by atoms with Gasteiger partial charge in [-0.15, -0.1) is 0 Å². The molecule has 1 fully saturated rings. The van der Waals surface area contributed by atoms with Crippen LogP contribution in [0.1, 0.15) is 19.3 Å². The number of likely N-dealkylation sites (N-methyl/N-ethyl adjacent to an activating group) is 1. The van der Waals surface area contributed by atoms with Crippen LogP contribution in [-0.4, -0.2) is 36.3 Å². The maximum Gasteiger partial charge on any atom is 0.265 e. The monoisotopic (exact) mass is 230 g/mol. The summed E-state index contributed by atoms with van der Waals surface area (Å²) in [4.78, 5) is 24.7. The molecule has 15 heavy (non-hydrogen) atoms. The fourth-order valence-electron chi connectivity index (χ4n) is 1.77. The Morgan fingerprint density at radius 1 is 1.47 bits per heavy atom. The molecular weight excluding hydrogens is 216 g/mol. The lowest BCUT2D eigenvalue weighted by Crippen LogP contribution is -2.51. The summed E-state index contributed by atoms with van der Waals surface area (Å²) in [6.07, 6.45) is 2.55. The van der Waals surface area contributed by atoms with Crippen LogP contribution in [0.4, 0.5) is 0 Å². The van der Waals surface area contributed by atoms with Gasteiger partial charge in [0.05, 0.1) is 5.03 Å². The van der Waals surface area contributed by atoms with E-state index >= 15 is 0 Å². The van der Waals surface area contributed by atoms with E-state index in [1.807, 2.05) is 0 Å². The number of halogens is 1. The maximum absolute atomic E-state index is 11.6. The molecule has 0 aromatic carbocycles. The number of nitrogens with one attached hydrogen (secondary N) is 1. The Bertz CT molecular complexity index is 291. The van der Waals surface area contributed by atoms with Gasteiger partial charge in [0, 0.05) is 13.6 Å². The summed E-state index contributed by atoms with van der Waals surface area (Å²) in [6.45, 7) is 3.96. The van der Waals surface area contributed by atoms with Gasteiger partial charge in [0.25, 0.3) is 5.91 Å². The zero-order valence-electron chi connectivity index (χ0n) is 8.75. The van der Waals surface area contributed by atoms with Crippen LogP contribution in [0.5, 0.6) is 0 Å². The topological polar surface area (TPSA) is 49.4 Å². The van der Waals surface area contributed by atoms with E-state index in [-0.39, 0.29) is 16.8 Å². The molecule has 1 aliphatic rings. The summed E-state index contributed by atoms with van der Waals surface area (Å²) in [5, 5.41) is 2.52. The molecule has 0 aromatic heterocycles. The molecule has 1 N–H and O–H groups in total. The van der Waals surface area contributed by atoms with Crippen LogP contribution >= 0.6 is 11.6 Å². The van der Waals surface area contributed by atoms with Crippen molar-refractivity contribution in [2.75, 3.05) is 13.6 Å². The number of hydrogen-bond acceptors (Lipinski definition) is 2. The molecule has 4 nitrogen and oxygen atoms in total. The van der Waals surface area contributed by atoms with Crippen LogP contribution in [0, 0.1) is 0 Å². The van der Waals surface area contributed by atoms with Gasteiger partial charge in [-0.05, 0) is 19.3 Å². The number of likely N-dealkylation sites (tertiary alicyclic amines) is 1. The summed E-state index contributed by atoms with van der Waals surface area (Å²) in [5.41, 5.74) is 0. The third-order valence-electron chi connectivity index (χ3n) is 2.54. The fourth-order valence-corrected chi connectivity index (χ4v) is 1.88. The smallest absolute Gasteiger partial charge is 0.265 e. The number of hydrogen-bond donors (Lipinski definition) is 1. The predicted molar refractivity (Wildman–Crippen MR) is 58.4 cm³/mol. The maximum atomic E-state index is 11.6. The van der Waals surface area contributed by atoms with E-state index in [4.69, 9.17) is 11.6 Å². The van der Waals surface area contributed by atoms with Crippen molar-refractivity contribution in [1.29, 1.82) is 0 Å². The van der Waals surface area contributed by atoms with E-state index in [0.29, 0.717) is 13.0 Å². The number of nitrogens with zero attached hydrogens (tertiary/aromatic N) is 1. The van der Waals surface area contributed by atoms with E-state index in [0.717, 1.165) is 12.8 Å². The third kappa shape index (κ3) is 2.72. The summed E-state index contributed by atoms with van der Waals surface area (Å²) in [5.74, 6) is -0.481. The van der Waals surface area contributed by atoms with Crippen molar-refractivity contribution in [2.45, 2.75) is 25.3 Å². The lowest BCUT2D eigenvalue weighted by molar-refractivity contribution is -0.138. The van der Waals surface area contributed by atoms with Gasteiger partial charge < -0.3 is 10.2 Å². The van der Waals surface area contributed by atoms with Gasteiger partial charge in [-0.25, -0.2) is 0 Å². The fraction of sp³-hybridized carbons (Fsp3) is 0.600. The average molecular weight is 231 g/mol. The second kappa shape index (κ2) is 5.16. The summed E-state index contributed by atoms with van der Waals surface area (Å²) in [7, 11) is 1.56. The van der Waals surface area contributed by atoms with E-state index in [2.05, 4.69) is 11.9 Å². The minimum Gasteiger partial charge on any atom is -0.357 e. The van der Waals surface area contributed by atoms with Gasteiger partial charge in [-0.1, -0.05) is 18.2 Å². The zero-order valence-corrected chi connectivity index (χ0v) is 9.51. The molecule has 0 aliphatic carbocycles. The molecule has 1 aliphatic heterocycles. The van der Waals surface area contributed by atoms with Crippen LogP contribution in [0.3, 0.4) is 0 Å². The highest BCUT2D eigenvalue weighted by Crippen LogP contribution is 2.19. The molecule has 1 atom stereocenters. The Balaban J connectivity index is 2.78. The number of rotatable bonds is 2. The summed E-state index contributed by atoms with van der Waals surface area (Å²) < 4.78 is 0. The quantitative estimate of drug-likeness (QED) is 0.716. The average Bonchev–Trinajstić information content (AvgIpc) is 2.27. The molecule has 0 spiro atoms. The molecule has 1 heterocycles. The molecule has 5 heteroatoms. The van der Waals surface area contributed by atoms with Gasteiger partial charge in [0.1, 0.15) is 6.04 Å². The molecule has 84 valence electrons. The van der Waals surface area contributed by atoms with Crippen LogP contribution in [0.2, 0.25) is 0 Å². The normalized spacial score (nSPS) is 20.9. The number of amides is 2. The highest BCUT2D eigenvalue weighted by molar-refractivity contribution is 6.41. The van der Waals surface area contributed by atoms with Crippen molar-refractivity contribution in [3.8, 4) is 0 Å². The lowest BCUT2D eigenvalue weighted by Gasteiger charge is -2.34. The van der Waals surface area contributed by atoms with E-state index < -0.39 is 6.04 Å². The molecule has 0 bridgehead atoms. The minimum atomic E-state index is -0.397. The van der Waals surface area contributed by atoms with Crippen molar-refractivity contribution in [3.05, 3.63) is 11.6 Å². The van der Waals surface area contributed by atoms with Gasteiger partial charge in [0.15, 0.2) is 0 Å². The highest BCUT2D eigenvalue weighted by atomic mass is 35.5. The first kappa shape index (κ1) is 12.0. The van der Waals surface area contributed by atoms with Crippen molar-refractivity contribution in [2.24, 2.45) is 0 Å². The molecule has 0 radical (unpaired) electrons.